The zero-order valence-electron chi connectivity index (χ0n) is 10.8. The van der Waals surface area contributed by atoms with Crippen LogP contribution in [-0.2, 0) is 0 Å². The van der Waals surface area contributed by atoms with Gasteiger partial charge in [0.2, 0.25) is 0 Å². The fourth-order valence-electron chi connectivity index (χ4n) is 2.31. The second kappa shape index (κ2) is 4.90. The van der Waals surface area contributed by atoms with Crippen LogP contribution in [0.1, 0.15) is 35.8 Å². The van der Waals surface area contributed by atoms with Crippen molar-refractivity contribution in [2.45, 2.75) is 25.3 Å². The zero-order valence-corrected chi connectivity index (χ0v) is 10.8. The van der Waals surface area contributed by atoms with Gasteiger partial charge in [0.05, 0.1) is 12.2 Å². The Morgan fingerprint density at radius 3 is 2.95 bits per heavy atom. The van der Waals surface area contributed by atoms with E-state index in [4.69, 9.17) is 5.11 Å². The van der Waals surface area contributed by atoms with E-state index in [0.29, 0.717) is 18.3 Å². The van der Waals surface area contributed by atoms with Crippen molar-refractivity contribution in [2.24, 2.45) is 5.41 Å². The lowest BCUT2D eigenvalue weighted by atomic mass is 10.0. The van der Waals surface area contributed by atoms with Crippen LogP contribution in [0.25, 0.3) is 0 Å². The Morgan fingerprint density at radius 2 is 2.37 bits per heavy atom. The normalized spacial score (nSPS) is 20.9. The van der Waals surface area contributed by atoms with Gasteiger partial charge in [-0.05, 0) is 24.7 Å². The van der Waals surface area contributed by atoms with Crippen molar-refractivity contribution in [3.8, 4) is 0 Å². The summed E-state index contributed by atoms with van der Waals surface area (Å²) in [6, 6.07) is 0.318. The summed E-state index contributed by atoms with van der Waals surface area (Å²) in [5, 5.41) is 22.9. The molecule has 2 aliphatic rings. The van der Waals surface area contributed by atoms with Gasteiger partial charge >= 0.3 is 0 Å². The number of aromatic nitrogens is 3. The van der Waals surface area contributed by atoms with E-state index in [9.17, 15) is 4.79 Å². The van der Waals surface area contributed by atoms with Gasteiger partial charge in [-0.15, -0.1) is 5.10 Å². The van der Waals surface area contributed by atoms with Crippen LogP contribution in [0.4, 0.5) is 0 Å². The number of carbonyl (C=O) groups excluding carboxylic acids is 1. The maximum Gasteiger partial charge on any atom is 0.273 e. The zero-order chi connectivity index (χ0) is 13.3. The van der Waals surface area contributed by atoms with Gasteiger partial charge in [0.1, 0.15) is 0 Å². The molecule has 19 heavy (non-hydrogen) atoms. The minimum Gasteiger partial charge on any atom is -0.396 e. The highest BCUT2D eigenvalue weighted by atomic mass is 16.3. The van der Waals surface area contributed by atoms with Crippen LogP contribution in [0.15, 0.2) is 6.20 Å². The Bertz CT molecular complexity index is 464. The fraction of sp³-hybridized carbons (Fsp3) is 0.750. The molecule has 1 aromatic heterocycles. The Morgan fingerprint density at radius 1 is 1.58 bits per heavy atom. The second-order valence-corrected chi connectivity index (χ2v) is 5.55. The first-order chi connectivity index (χ1) is 9.22. The van der Waals surface area contributed by atoms with E-state index in [2.05, 4.69) is 20.9 Å². The molecule has 1 aliphatic carbocycles. The van der Waals surface area contributed by atoms with Gasteiger partial charge in [-0.3, -0.25) is 4.79 Å². The highest BCUT2D eigenvalue weighted by Crippen LogP contribution is 2.47. The van der Waals surface area contributed by atoms with Gasteiger partial charge in [0.15, 0.2) is 5.69 Å². The number of nitrogens with one attached hydrogen (secondary N) is 2. The molecule has 7 nitrogen and oxygen atoms in total. The van der Waals surface area contributed by atoms with Crippen molar-refractivity contribution in [2.75, 3.05) is 26.2 Å². The van der Waals surface area contributed by atoms with E-state index in [1.165, 1.54) is 0 Å². The Hall–Kier alpha value is -1.47. The molecule has 0 aromatic carbocycles. The lowest BCUT2D eigenvalue weighted by Crippen LogP contribution is -2.43. The molecule has 1 amide bonds. The number of carbonyl (C=O) groups is 1. The number of amides is 1. The van der Waals surface area contributed by atoms with Crippen molar-refractivity contribution >= 4 is 5.91 Å². The third-order valence-corrected chi connectivity index (χ3v) is 4.10. The number of nitrogens with zero attached hydrogens (tertiary/aromatic N) is 3. The number of aliphatic hydroxyl groups excluding tert-OH is 1. The predicted octanol–water partition coefficient (Wildman–Crippen LogP) is -0.685. The molecule has 0 bridgehead atoms. The van der Waals surface area contributed by atoms with Crippen molar-refractivity contribution in [1.29, 1.82) is 0 Å². The van der Waals surface area contributed by atoms with Crippen molar-refractivity contribution in [3.05, 3.63) is 11.9 Å². The molecule has 0 unspecified atom stereocenters. The van der Waals surface area contributed by atoms with Crippen LogP contribution in [0, 0.1) is 5.41 Å². The lowest BCUT2D eigenvalue weighted by molar-refractivity contribution is 0.0935. The van der Waals surface area contributed by atoms with Gasteiger partial charge in [0, 0.05) is 26.2 Å². The van der Waals surface area contributed by atoms with Crippen LogP contribution in [0.2, 0.25) is 0 Å². The molecule has 1 saturated heterocycles. The third kappa shape index (κ3) is 2.62. The van der Waals surface area contributed by atoms with Crippen LogP contribution in [0.3, 0.4) is 0 Å². The lowest BCUT2D eigenvalue weighted by Gasteiger charge is -2.26. The van der Waals surface area contributed by atoms with Crippen LogP contribution in [-0.4, -0.2) is 52.2 Å². The molecule has 0 radical (unpaired) electrons. The largest absolute Gasteiger partial charge is 0.396 e. The van der Waals surface area contributed by atoms with E-state index in [1.54, 1.807) is 10.9 Å². The highest BCUT2D eigenvalue weighted by molar-refractivity contribution is 5.91. The van der Waals surface area contributed by atoms with Crippen molar-refractivity contribution in [3.63, 3.8) is 0 Å². The van der Waals surface area contributed by atoms with E-state index < -0.39 is 0 Å². The van der Waals surface area contributed by atoms with E-state index in [0.717, 1.165) is 32.4 Å². The standard InChI is InChI=1S/C12H19N5O2/c18-4-3-12(1-2-12)8-14-11(19)10-7-17(16-15-10)9-5-13-6-9/h7,9,13,18H,1-6,8H2,(H,14,19). The van der Waals surface area contributed by atoms with Crippen LogP contribution < -0.4 is 10.6 Å². The molecule has 1 saturated carbocycles. The molecular weight excluding hydrogens is 246 g/mol. The second-order valence-electron chi connectivity index (χ2n) is 5.55. The molecule has 3 N–H and O–H groups in total. The van der Waals surface area contributed by atoms with Gasteiger partial charge in [-0.25, -0.2) is 4.68 Å². The van der Waals surface area contributed by atoms with Gasteiger partial charge < -0.3 is 15.7 Å². The van der Waals surface area contributed by atoms with Crippen molar-refractivity contribution < 1.29 is 9.90 Å². The predicted molar refractivity (Wildman–Crippen MR) is 67.6 cm³/mol. The van der Waals surface area contributed by atoms with Crippen LogP contribution in [0.5, 0.6) is 0 Å². The molecule has 0 atom stereocenters. The summed E-state index contributed by atoms with van der Waals surface area (Å²) in [6.07, 6.45) is 4.61. The average Bonchev–Trinajstić information content (AvgIpc) is 2.93. The summed E-state index contributed by atoms with van der Waals surface area (Å²) in [7, 11) is 0. The monoisotopic (exact) mass is 265 g/mol. The third-order valence-electron chi connectivity index (χ3n) is 4.10. The fourth-order valence-corrected chi connectivity index (χ4v) is 2.31. The van der Waals surface area contributed by atoms with Gasteiger partial charge in [0.25, 0.3) is 5.91 Å². The minimum atomic E-state index is -0.178. The summed E-state index contributed by atoms with van der Waals surface area (Å²) < 4.78 is 1.74. The molecule has 104 valence electrons. The SMILES string of the molecule is O=C(NCC1(CCO)CC1)c1cn(C2CNC2)nn1. The van der Waals surface area contributed by atoms with E-state index in [-0.39, 0.29) is 17.9 Å². The topological polar surface area (TPSA) is 92.1 Å². The number of hydrogen-bond acceptors (Lipinski definition) is 5. The molecule has 1 aromatic rings. The quantitative estimate of drug-likeness (QED) is 0.633. The maximum atomic E-state index is 12.0. The summed E-state index contributed by atoms with van der Waals surface area (Å²) in [5.74, 6) is -0.178. The summed E-state index contributed by atoms with van der Waals surface area (Å²) in [5.41, 5.74) is 0.491. The van der Waals surface area contributed by atoms with Crippen molar-refractivity contribution in [1.82, 2.24) is 25.6 Å². The van der Waals surface area contributed by atoms with E-state index in [1.807, 2.05) is 0 Å². The minimum absolute atomic E-state index is 0.123. The smallest absolute Gasteiger partial charge is 0.273 e. The molecule has 1 aliphatic heterocycles. The molecule has 3 rings (SSSR count). The molecule has 2 fully saturated rings. The van der Waals surface area contributed by atoms with Gasteiger partial charge in [-0.1, -0.05) is 5.21 Å². The molecule has 2 heterocycles. The summed E-state index contributed by atoms with van der Waals surface area (Å²) in [6.45, 7) is 2.55. The first-order valence-corrected chi connectivity index (χ1v) is 6.74. The highest BCUT2D eigenvalue weighted by Gasteiger charge is 2.42. The summed E-state index contributed by atoms with van der Waals surface area (Å²) in [4.78, 5) is 12.0. The average molecular weight is 265 g/mol. The maximum absolute atomic E-state index is 12.0. The number of aliphatic hydroxyl groups is 1. The molecular formula is C12H19N5O2. The molecule has 7 heteroatoms. The van der Waals surface area contributed by atoms with E-state index >= 15 is 0 Å². The molecule has 0 spiro atoms. The Kier molecular flexibility index (Phi) is 3.24. The first-order valence-electron chi connectivity index (χ1n) is 6.74. The number of rotatable bonds is 6. The summed E-state index contributed by atoms with van der Waals surface area (Å²) >= 11 is 0. The van der Waals surface area contributed by atoms with Gasteiger partial charge in [-0.2, -0.15) is 0 Å². The first kappa shape index (κ1) is 12.6. The Labute approximate surface area is 111 Å². The van der Waals surface area contributed by atoms with Crippen LogP contribution >= 0.6 is 0 Å². The number of hydrogen-bond donors (Lipinski definition) is 3. The Balaban J connectivity index is 1.53.